The summed E-state index contributed by atoms with van der Waals surface area (Å²) in [5, 5.41) is 11.8. The summed E-state index contributed by atoms with van der Waals surface area (Å²) in [4.78, 5) is 4.44. The molecule has 0 spiro atoms. The number of rotatable bonds is 3. The van der Waals surface area contributed by atoms with E-state index in [9.17, 15) is 8.42 Å². The molecule has 0 unspecified atom stereocenters. The van der Waals surface area contributed by atoms with Gasteiger partial charge in [-0.05, 0) is 12.8 Å². The maximum absolute atomic E-state index is 11.3. The van der Waals surface area contributed by atoms with Crippen molar-refractivity contribution in [2.45, 2.75) is 25.2 Å². The molecule has 1 saturated heterocycles. The lowest BCUT2D eigenvalue weighted by Gasteiger charge is -2.19. The van der Waals surface area contributed by atoms with Gasteiger partial charge in [0, 0.05) is 24.3 Å². The molecular formula is C10H15NO3S2. The average Bonchev–Trinajstić information content (AvgIpc) is 2.67. The van der Waals surface area contributed by atoms with E-state index in [1.807, 2.05) is 5.38 Å². The molecule has 1 aliphatic rings. The smallest absolute Gasteiger partial charge is 0.150 e. The summed E-state index contributed by atoms with van der Waals surface area (Å²) in [6, 6.07) is 0. The molecular weight excluding hydrogens is 246 g/mol. The quantitative estimate of drug-likeness (QED) is 0.880. The first-order valence-corrected chi connectivity index (χ1v) is 8.06. The predicted molar refractivity (Wildman–Crippen MR) is 63.5 cm³/mol. The fraction of sp³-hybridized carbons (Fsp3) is 0.700. The van der Waals surface area contributed by atoms with Crippen LogP contribution in [0.5, 0.6) is 0 Å². The highest BCUT2D eigenvalue weighted by Crippen LogP contribution is 2.31. The lowest BCUT2D eigenvalue weighted by Crippen LogP contribution is -2.22. The molecule has 0 radical (unpaired) electrons. The third-order valence-corrected chi connectivity index (χ3v) is 5.61. The topological polar surface area (TPSA) is 67.3 Å². The minimum atomic E-state index is -2.79. The van der Waals surface area contributed by atoms with E-state index < -0.39 is 9.84 Å². The van der Waals surface area contributed by atoms with Crippen LogP contribution < -0.4 is 0 Å². The Hall–Kier alpha value is -0.460. The molecule has 6 heteroatoms. The molecule has 0 bridgehead atoms. The lowest BCUT2D eigenvalue weighted by molar-refractivity contribution is 0.298. The Morgan fingerprint density at radius 2 is 2.12 bits per heavy atom. The fourth-order valence-electron chi connectivity index (χ4n) is 1.88. The van der Waals surface area contributed by atoms with E-state index in [4.69, 9.17) is 5.11 Å². The zero-order chi connectivity index (χ0) is 11.6. The van der Waals surface area contributed by atoms with E-state index in [-0.39, 0.29) is 18.1 Å². The van der Waals surface area contributed by atoms with Gasteiger partial charge in [-0.2, -0.15) is 0 Å². The van der Waals surface area contributed by atoms with Crippen molar-refractivity contribution in [3.63, 3.8) is 0 Å². The van der Waals surface area contributed by atoms with E-state index in [0.717, 1.165) is 10.7 Å². The fourth-order valence-corrected chi connectivity index (χ4v) is 4.39. The number of aromatic nitrogens is 1. The van der Waals surface area contributed by atoms with Gasteiger partial charge >= 0.3 is 0 Å². The van der Waals surface area contributed by atoms with Gasteiger partial charge in [-0.25, -0.2) is 13.4 Å². The summed E-state index contributed by atoms with van der Waals surface area (Å²) in [6.45, 7) is 0.113. The average molecular weight is 261 g/mol. The first-order chi connectivity index (χ1) is 7.61. The van der Waals surface area contributed by atoms with Gasteiger partial charge in [-0.3, -0.25) is 0 Å². The minimum Gasteiger partial charge on any atom is -0.396 e. The summed E-state index contributed by atoms with van der Waals surface area (Å²) in [5.41, 5.74) is 0.913. The van der Waals surface area contributed by atoms with Crippen molar-refractivity contribution < 1.29 is 13.5 Å². The van der Waals surface area contributed by atoms with Crippen LogP contribution in [-0.2, 0) is 16.3 Å². The van der Waals surface area contributed by atoms with Gasteiger partial charge in [0.25, 0.3) is 0 Å². The van der Waals surface area contributed by atoms with E-state index in [1.54, 1.807) is 11.3 Å². The number of sulfone groups is 1. The maximum Gasteiger partial charge on any atom is 0.150 e. The van der Waals surface area contributed by atoms with Gasteiger partial charge in [-0.1, -0.05) is 0 Å². The Labute approximate surface area is 99.3 Å². The number of nitrogens with zero attached hydrogens (tertiary/aromatic N) is 1. The first kappa shape index (κ1) is 12.0. The van der Waals surface area contributed by atoms with Crippen molar-refractivity contribution in [3.8, 4) is 0 Å². The highest BCUT2D eigenvalue weighted by Gasteiger charge is 2.26. The zero-order valence-electron chi connectivity index (χ0n) is 8.92. The van der Waals surface area contributed by atoms with Crippen LogP contribution in [0.25, 0.3) is 0 Å². The molecule has 1 aliphatic heterocycles. The summed E-state index contributed by atoms with van der Waals surface area (Å²) < 4.78 is 22.6. The second-order valence-electron chi connectivity index (χ2n) is 4.08. The Morgan fingerprint density at radius 1 is 1.44 bits per heavy atom. The molecule has 0 aromatic carbocycles. The van der Waals surface area contributed by atoms with Crippen molar-refractivity contribution in [2.75, 3.05) is 18.1 Å². The van der Waals surface area contributed by atoms with E-state index >= 15 is 0 Å². The van der Waals surface area contributed by atoms with Crippen molar-refractivity contribution in [1.29, 1.82) is 0 Å². The van der Waals surface area contributed by atoms with Crippen LogP contribution >= 0.6 is 11.3 Å². The van der Waals surface area contributed by atoms with Gasteiger partial charge in [-0.15, -0.1) is 11.3 Å². The van der Waals surface area contributed by atoms with Crippen LogP contribution in [0.3, 0.4) is 0 Å². The number of hydrogen-bond donors (Lipinski definition) is 1. The monoisotopic (exact) mass is 261 g/mol. The van der Waals surface area contributed by atoms with Crippen LogP contribution in [0.1, 0.15) is 29.5 Å². The van der Waals surface area contributed by atoms with E-state index in [1.165, 1.54) is 0 Å². The summed E-state index contributed by atoms with van der Waals surface area (Å²) in [7, 11) is -2.79. The van der Waals surface area contributed by atoms with Crippen molar-refractivity contribution >= 4 is 21.2 Å². The van der Waals surface area contributed by atoms with E-state index in [0.29, 0.717) is 25.2 Å². The second kappa shape index (κ2) is 4.81. The van der Waals surface area contributed by atoms with Gasteiger partial charge in [0.2, 0.25) is 0 Å². The Kier molecular flexibility index (Phi) is 3.61. The van der Waals surface area contributed by atoms with Crippen molar-refractivity contribution in [3.05, 3.63) is 16.1 Å². The zero-order valence-corrected chi connectivity index (χ0v) is 10.6. The summed E-state index contributed by atoms with van der Waals surface area (Å²) >= 11 is 1.58. The Bertz CT molecular complexity index is 438. The molecule has 1 aromatic rings. The standard InChI is InChI=1S/C10H15NO3S2/c12-4-1-9-7-15-10(11-9)8-2-5-16(13,14)6-3-8/h7-8,12H,1-6H2. The van der Waals surface area contributed by atoms with Gasteiger partial charge in [0.15, 0.2) is 0 Å². The Morgan fingerprint density at radius 3 is 2.75 bits per heavy atom. The molecule has 0 saturated carbocycles. The maximum atomic E-state index is 11.3. The largest absolute Gasteiger partial charge is 0.396 e. The summed E-state index contributed by atoms with van der Waals surface area (Å²) in [5.74, 6) is 0.861. The third kappa shape index (κ3) is 2.81. The van der Waals surface area contributed by atoms with Crippen molar-refractivity contribution in [1.82, 2.24) is 4.98 Å². The third-order valence-electron chi connectivity index (χ3n) is 2.84. The van der Waals surface area contributed by atoms with Crippen LogP contribution in [0.4, 0.5) is 0 Å². The number of aliphatic hydroxyl groups is 1. The van der Waals surface area contributed by atoms with Gasteiger partial charge in [0.05, 0.1) is 22.2 Å². The SMILES string of the molecule is O=S1(=O)CCC(c2nc(CCO)cs2)CC1. The van der Waals surface area contributed by atoms with Crippen LogP contribution in [-0.4, -0.2) is 36.6 Å². The molecule has 1 N–H and O–H groups in total. The van der Waals surface area contributed by atoms with E-state index in [2.05, 4.69) is 4.98 Å². The van der Waals surface area contributed by atoms with Crippen LogP contribution in [0.15, 0.2) is 5.38 Å². The number of thiazole rings is 1. The normalized spacial score (nSPS) is 21.1. The molecule has 2 rings (SSSR count). The molecule has 0 amide bonds. The molecule has 1 aromatic heterocycles. The van der Waals surface area contributed by atoms with Crippen LogP contribution in [0.2, 0.25) is 0 Å². The summed E-state index contributed by atoms with van der Waals surface area (Å²) in [6.07, 6.45) is 1.96. The predicted octanol–water partition coefficient (Wildman–Crippen LogP) is 0.970. The molecule has 0 atom stereocenters. The van der Waals surface area contributed by atoms with Gasteiger partial charge in [0.1, 0.15) is 9.84 Å². The number of aliphatic hydroxyl groups excluding tert-OH is 1. The second-order valence-corrected chi connectivity index (χ2v) is 7.27. The minimum absolute atomic E-state index is 0.113. The molecule has 16 heavy (non-hydrogen) atoms. The highest BCUT2D eigenvalue weighted by molar-refractivity contribution is 7.91. The lowest BCUT2D eigenvalue weighted by atomic mass is 10.0. The van der Waals surface area contributed by atoms with Gasteiger partial charge < -0.3 is 5.11 Å². The Balaban J connectivity index is 2.02. The molecule has 4 nitrogen and oxygen atoms in total. The van der Waals surface area contributed by atoms with Crippen LogP contribution in [0, 0.1) is 0 Å². The molecule has 2 heterocycles. The molecule has 0 aliphatic carbocycles. The number of hydrogen-bond acceptors (Lipinski definition) is 5. The van der Waals surface area contributed by atoms with Crippen molar-refractivity contribution in [2.24, 2.45) is 0 Å². The molecule has 90 valence electrons. The highest BCUT2D eigenvalue weighted by atomic mass is 32.2. The molecule has 1 fully saturated rings. The first-order valence-electron chi connectivity index (χ1n) is 5.36.